The second-order valence-electron chi connectivity index (χ2n) is 6.14. The first-order valence-corrected chi connectivity index (χ1v) is 8.61. The SMILES string of the molecule is COc1ccccc1NC(=O)[C@@H](C)N(C)Cc1ccc(OC(F)F)c(OC)c1. The molecule has 152 valence electrons. The lowest BCUT2D eigenvalue weighted by molar-refractivity contribution is -0.120. The molecule has 0 heterocycles. The van der Waals surface area contributed by atoms with Gasteiger partial charge in [0.15, 0.2) is 11.5 Å². The number of nitrogens with zero attached hydrogens (tertiary/aromatic N) is 1. The van der Waals surface area contributed by atoms with Crippen LogP contribution in [0.5, 0.6) is 17.2 Å². The molecule has 0 saturated carbocycles. The minimum absolute atomic E-state index is 0.0362. The topological polar surface area (TPSA) is 60.0 Å². The summed E-state index contributed by atoms with van der Waals surface area (Å²) in [5.74, 6) is 0.546. The Morgan fingerprint density at radius 3 is 2.39 bits per heavy atom. The molecule has 0 aliphatic carbocycles. The highest BCUT2D eigenvalue weighted by molar-refractivity contribution is 5.95. The Balaban J connectivity index is 2.05. The zero-order chi connectivity index (χ0) is 20.7. The molecular formula is C20H24F2N2O4. The number of carbonyl (C=O) groups is 1. The molecule has 0 bridgehead atoms. The summed E-state index contributed by atoms with van der Waals surface area (Å²) >= 11 is 0. The van der Waals surface area contributed by atoms with E-state index in [-0.39, 0.29) is 17.4 Å². The number of ether oxygens (including phenoxy) is 3. The van der Waals surface area contributed by atoms with E-state index in [1.54, 1.807) is 38.2 Å². The molecule has 0 aliphatic rings. The Morgan fingerprint density at radius 2 is 1.75 bits per heavy atom. The molecular weight excluding hydrogens is 370 g/mol. The lowest BCUT2D eigenvalue weighted by Gasteiger charge is -2.24. The molecule has 28 heavy (non-hydrogen) atoms. The van der Waals surface area contributed by atoms with Crippen LogP contribution in [0.3, 0.4) is 0 Å². The quantitative estimate of drug-likeness (QED) is 0.702. The average molecular weight is 394 g/mol. The van der Waals surface area contributed by atoms with Crippen molar-refractivity contribution in [1.82, 2.24) is 4.90 Å². The van der Waals surface area contributed by atoms with Crippen LogP contribution in [0.25, 0.3) is 0 Å². The largest absolute Gasteiger partial charge is 0.495 e. The summed E-state index contributed by atoms with van der Waals surface area (Å²) in [6.45, 7) is -0.747. The second-order valence-corrected chi connectivity index (χ2v) is 6.14. The van der Waals surface area contributed by atoms with Crippen LogP contribution in [0.2, 0.25) is 0 Å². The minimum atomic E-state index is -2.93. The predicted octanol–water partition coefficient (Wildman–Crippen LogP) is 3.76. The zero-order valence-electron chi connectivity index (χ0n) is 16.2. The molecule has 2 rings (SSSR count). The molecule has 0 spiro atoms. The molecule has 0 fully saturated rings. The second kappa shape index (κ2) is 9.89. The summed E-state index contributed by atoms with van der Waals surface area (Å²) in [5, 5.41) is 2.85. The Bertz CT molecular complexity index is 802. The van der Waals surface area contributed by atoms with Crippen LogP contribution in [0.1, 0.15) is 12.5 Å². The third-order valence-corrected chi connectivity index (χ3v) is 4.28. The number of para-hydroxylation sites is 2. The standard InChI is InChI=1S/C20H24F2N2O4/c1-13(19(25)23-15-7-5-6-8-16(15)26-3)24(2)12-14-9-10-17(28-20(21)22)18(11-14)27-4/h5-11,13,20H,12H2,1-4H3,(H,23,25)/t13-/m1/s1. The first-order valence-electron chi connectivity index (χ1n) is 8.61. The van der Waals surface area contributed by atoms with Crippen LogP contribution in [-0.4, -0.2) is 44.7 Å². The van der Waals surface area contributed by atoms with Gasteiger partial charge in [-0.2, -0.15) is 8.78 Å². The molecule has 2 aromatic rings. The van der Waals surface area contributed by atoms with Gasteiger partial charge in [-0.15, -0.1) is 0 Å². The first-order chi connectivity index (χ1) is 13.3. The van der Waals surface area contributed by atoms with Crippen LogP contribution < -0.4 is 19.5 Å². The van der Waals surface area contributed by atoms with E-state index >= 15 is 0 Å². The van der Waals surface area contributed by atoms with E-state index in [2.05, 4.69) is 10.1 Å². The highest BCUT2D eigenvalue weighted by Gasteiger charge is 2.20. The van der Waals surface area contributed by atoms with Gasteiger partial charge in [0.05, 0.1) is 25.9 Å². The van der Waals surface area contributed by atoms with Crippen LogP contribution in [0.15, 0.2) is 42.5 Å². The van der Waals surface area contributed by atoms with Crippen molar-refractivity contribution < 1.29 is 27.8 Å². The maximum absolute atomic E-state index is 12.6. The van der Waals surface area contributed by atoms with E-state index in [9.17, 15) is 13.6 Å². The number of likely N-dealkylation sites (N-methyl/N-ethyl adjacent to an activating group) is 1. The summed E-state index contributed by atoms with van der Waals surface area (Å²) in [6, 6.07) is 11.4. The van der Waals surface area contributed by atoms with Gasteiger partial charge in [-0.25, -0.2) is 0 Å². The van der Waals surface area contributed by atoms with Crippen LogP contribution >= 0.6 is 0 Å². The van der Waals surface area contributed by atoms with Crippen molar-refractivity contribution in [3.05, 3.63) is 48.0 Å². The fourth-order valence-electron chi connectivity index (χ4n) is 2.61. The van der Waals surface area contributed by atoms with E-state index in [0.29, 0.717) is 18.0 Å². The number of hydrogen-bond donors (Lipinski definition) is 1. The fraction of sp³-hybridized carbons (Fsp3) is 0.350. The number of alkyl halides is 2. The van der Waals surface area contributed by atoms with Gasteiger partial charge in [-0.1, -0.05) is 18.2 Å². The van der Waals surface area contributed by atoms with E-state index in [1.807, 2.05) is 17.0 Å². The minimum Gasteiger partial charge on any atom is -0.495 e. The van der Waals surface area contributed by atoms with Crippen molar-refractivity contribution in [2.45, 2.75) is 26.1 Å². The third kappa shape index (κ3) is 5.56. The smallest absolute Gasteiger partial charge is 0.387 e. The molecule has 8 heteroatoms. The Labute approximate surface area is 163 Å². The number of benzene rings is 2. The highest BCUT2D eigenvalue weighted by atomic mass is 19.3. The van der Waals surface area contributed by atoms with Gasteiger partial charge in [0.2, 0.25) is 5.91 Å². The van der Waals surface area contributed by atoms with Crippen molar-refractivity contribution in [1.29, 1.82) is 0 Å². The molecule has 0 saturated heterocycles. The fourth-order valence-corrected chi connectivity index (χ4v) is 2.61. The first kappa shape index (κ1) is 21.4. The van der Waals surface area contributed by atoms with Gasteiger partial charge >= 0.3 is 6.61 Å². The molecule has 6 nitrogen and oxygen atoms in total. The van der Waals surface area contributed by atoms with Gasteiger partial charge in [0, 0.05) is 6.54 Å². The number of nitrogens with one attached hydrogen (secondary N) is 1. The van der Waals surface area contributed by atoms with Crippen molar-refractivity contribution in [2.75, 3.05) is 26.6 Å². The molecule has 1 amide bonds. The molecule has 0 unspecified atom stereocenters. The lowest BCUT2D eigenvalue weighted by atomic mass is 10.1. The van der Waals surface area contributed by atoms with E-state index in [4.69, 9.17) is 9.47 Å². The summed E-state index contributed by atoms with van der Waals surface area (Å²) in [7, 11) is 4.71. The summed E-state index contributed by atoms with van der Waals surface area (Å²) in [4.78, 5) is 14.4. The van der Waals surface area contributed by atoms with Crippen molar-refractivity contribution in [2.24, 2.45) is 0 Å². The highest BCUT2D eigenvalue weighted by Crippen LogP contribution is 2.30. The van der Waals surface area contributed by atoms with Gasteiger partial charge in [-0.3, -0.25) is 9.69 Å². The number of anilines is 1. The van der Waals surface area contributed by atoms with Crippen molar-refractivity contribution >= 4 is 11.6 Å². The number of rotatable bonds is 9. The van der Waals surface area contributed by atoms with Gasteiger partial charge in [-0.05, 0) is 43.8 Å². The molecule has 0 aliphatic heterocycles. The Hall–Kier alpha value is -2.87. The maximum Gasteiger partial charge on any atom is 0.387 e. The average Bonchev–Trinajstić information content (AvgIpc) is 2.68. The normalized spacial score (nSPS) is 12.0. The van der Waals surface area contributed by atoms with Crippen LogP contribution in [-0.2, 0) is 11.3 Å². The van der Waals surface area contributed by atoms with E-state index < -0.39 is 12.7 Å². The predicted molar refractivity (Wildman–Crippen MR) is 102 cm³/mol. The van der Waals surface area contributed by atoms with Crippen LogP contribution in [0.4, 0.5) is 14.5 Å². The van der Waals surface area contributed by atoms with Crippen molar-refractivity contribution in [3.8, 4) is 17.2 Å². The third-order valence-electron chi connectivity index (χ3n) is 4.28. The maximum atomic E-state index is 12.6. The number of amides is 1. The molecule has 1 atom stereocenters. The molecule has 0 radical (unpaired) electrons. The van der Waals surface area contributed by atoms with Gasteiger partial charge in [0.1, 0.15) is 5.75 Å². The van der Waals surface area contributed by atoms with Gasteiger partial charge < -0.3 is 19.5 Å². The Kier molecular flexibility index (Phi) is 7.57. The number of halogens is 2. The summed E-state index contributed by atoms with van der Waals surface area (Å²) in [6.07, 6.45) is 0. The Morgan fingerprint density at radius 1 is 1.07 bits per heavy atom. The number of methoxy groups -OCH3 is 2. The molecule has 0 aromatic heterocycles. The lowest BCUT2D eigenvalue weighted by Crippen LogP contribution is -2.39. The zero-order valence-corrected chi connectivity index (χ0v) is 16.2. The monoisotopic (exact) mass is 394 g/mol. The van der Waals surface area contributed by atoms with E-state index in [0.717, 1.165) is 5.56 Å². The molecule has 1 N–H and O–H groups in total. The van der Waals surface area contributed by atoms with E-state index in [1.165, 1.54) is 20.3 Å². The summed E-state index contributed by atoms with van der Waals surface area (Å²) in [5.41, 5.74) is 1.38. The van der Waals surface area contributed by atoms with Crippen molar-refractivity contribution in [3.63, 3.8) is 0 Å². The van der Waals surface area contributed by atoms with Gasteiger partial charge in [0.25, 0.3) is 0 Å². The number of carbonyl (C=O) groups excluding carboxylic acids is 1. The number of hydrogen-bond acceptors (Lipinski definition) is 5. The van der Waals surface area contributed by atoms with Crippen LogP contribution in [0, 0.1) is 0 Å². The summed E-state index contributed by atoms with van der Waals surface area (Å²) < 4.78 is 39.6. The molecule has 2 aromatic carbocycles.